The number of nitrogens with one attached hydrogen (secondary N) is 1. The summed E-state index contributed by atoms with van der Waals surface area (Å²) in [6, 6.07) is 6.70. The summed E-state index contributed by atoms with van der Waals surface area (Å²) in [4.78, 5) is 2.57. The van der Waals surface area contributed by atoms with E-state index in [1.54, 1.807) is 7.11 Å². The largest absolute Gasteiger partial charge is 0.493 e. The Kier molecular flexibility index (Phi) is 7.69. The van der Waals surface area contributed by atoms with Crippen LogP contribution >= 0.6 is 0 Å². The maximum Gasteiger partial charge on any atom is 0.161 e. The molecule has 0 unspecified atom stereocenters. The van der Waals surface area contributed by atoms with E-state index >= 15 is 0 Å². The van der Waals surface area contributed by atoms with Crippen molar-refractivity contribution in [3.63, 3.8) is 0 Å². The molecular weight excluding hydrogens is 288 g/mol. The monoisotopic (exact) mass is 320 g/mol. The lowest BCUT2D eigenvalue weighted by Crippen LogP contribution is -2.41. The number of ether oxygens (including phenoxy) is 2. The van der Waals surface area contributed by atoms with Gasteiger partial charge in [0.25, 0.3) is 0 Å². The standard InChI is InChI=1S/C19H32N2O2/c1-4-12-23-18-9-8-17(13-19(18)22-3)14-20-16(2)15-21-10-6-5-7-11-21/h8-9,13,16,20H,4-7,10-12,14-15H2,1-3H3/t16-/m0/s1. The highest BCUT2D eigenvalue weighted by molar-refractivity contribution is 5.42. The number of methoxy groups -OCH3 is 1. The van der Waals surface area contributed by atoms with Gasteiger partial charge in [-0.1, -0.05) is 19.4 Å². The molecule has 1 N–H and O–H groups in total. The van der Waals surface area contributed by atoms with Crippen molar-refractivity contribution in [2.24, 2.45) is 0 Å². The molecule has 4 nitrogen and oxygen atoms in total. The second kappa shape index (κ2) is 9.78. The van der Waals surface area contributed by atoms with E-state index in [0.717, 1.165) is 37.6 Å². The summed E-state index contributed by atoms with van der Waals surface area (Å²) in [6.45, 7) is 9.60. The van der Waals surface area contributed by atoms with E-state index in [1.807, 2.05) is 6.07 Å². The summed E-state index contributed by atoms with van der Waals surface area (Å²) in [6.07, 6.45) is 5.09. The first-order valence-corrected chi connectivity index (χ1v) is 8.98. The minimum Gasteiger partial charge on any atom is -0.493 e. The zero-order valence-electron chi connectivity index (χ0n) is 14.9. The maximum atomic E-state index is 5.71. The van der Waals surface area contributed by atoms with Crippen LogP contribution in [0.3, 0.4) is 0 Å². The van der Waals surface area contributed by atoms with E-state index in [9.17, 15) is 0 Å². The predicted octanol–water partition coefficient (Wildman–Crippen LogP) is 3.45. The molecule has 0 saturated carbocycles. The van der Waals surface area contributed by atoms with Gasteiger partial charge in [-0.3, -0.25) is 0 Å². The number of rotatable bonds is 9. The third kappa shape index (κ3) is 6.04. The molecule has 0 aromatic heterocycles. The highest BCUT2D eigenvalue weighted by Gasteiger charge is 2.13. The van der Waals surface area contributed by atoms with Gasteiger partial charge in [0.15, 0.2) is 11.5 Å². The van der Waals surface area contributed by atoms with Crippen LogP contribution in [0.2, 0.25) is 0 Å². The predicted molar refractivity (Wildman–Crippen MR) is 95.4 cm³/mol. The van der Waals surface area contributed by atoms with Crippen molar-refractivity contribution in [2.75, 3.05) is 33.4 Å². The normalized spacial score (nSPS) is 17.0. The number of piperidine rings is 1. The highest BCUT2D eigenvalue weighted by atomic mass is 16.5. The average Bonchev–Trinajstić information content (AvgIpc) is 2.59. The lowest BCUT2D eigenvalue weighted by Gasteiger charge is -2.29. The topological polar surface area (TPSA) is 33.7 Å². The zero-order chi connectivity index (χ0) is 16.5. The fourth-order valence-electron chi connectivity index (χ4n) is 3.04. The highest BCUT2D eigenvalue weighted by Crippen LogP contribution is 2.28. The lowest BCUT2D eigenvalue weighted by atomic mass is 10.1. The van der Waals surface area contributed by atoms with Gasteiger partial charge in [0.05, 0.1) is 13.7 Å². The van der Waals surface area contributed by atoms with Crippen molar-refractivity contribution < 1.29 is 9.47 Å². The molecule has 1 aliphatic rings. The van der Waals surface area contributed by atoms with Crippen LogP contribution < -0.4 is 14.8 Å². The van der Waals surface area contributed by atoms with Crippen LogP contribution in [0, 0.1) is 0 Å². The molecule has 0 bridgehead atoms. The van der Waals surface area contributed by atoms with Gasteiger partial charge in [-0.15, -0.1) is 0 Å². The van der Waals surface area contributed by atoms with Crippen molar-refractivity contribution >= 4 is 0 Å². The Bertz CT molecular complexity index is 459. The number of hydrogen-bond donors (Lipinski definition) is 1. The molecule has 23 heavy (non-hydrogen) atoms. The van der Waals surface area contributed by atoms with Crippen LogP contribution in [-0.2, 0) is 6.54 Å². The molecule has 1 aliphatic heterocycles. The van der Waals surface area contributed by atoms with Gasteiger partial charge >= 0.3 is 0 Å². The third-order valence-electron chi connectivity index (χ3n) is 4.33. The molecule has 1 fully saturated rings. The molecule has 2 rings (SSSR count). The van der Waals surface area contributed by atoms with Crippen molar-refractivity contribution in [1.29, 1.82) is 0 Å². The van der Waals surface area contributed by atoms with Crippen LogP contribution in [0.25, 0.3) is 0 Å². The molecule has 0 amide bonds. The average molecular weight is 320 g/mol. The molecule has 1 heterocycles. The summed E-state index contributed by atoms with van der Waals surface area (Å²) in [5.74, 6) is 1.65. The molecular formula is C19H32N2O2. The molecule has 0 radical (unpaired) electrons. The number of benzene rings is 1. The van der Waals surface area contributed by atoms with Gasteiger partial charge in [-0.25, -0.2) is 0 Å². The first kappa shape index (κ1) is 18.1. The third-order valence-corrected chi connectivity index (χ3v) is 4.33. The Balaban J connectivity index is 1.82. The van der Waals surface area contributed by atoms with Gasteiger partial charge in [0, 0.05) is 19.1 Å². The fourth-order valence-corrected chi connectivity index (χ4v) is 3.04. The van der Waals surface area contributed by atoms with Crippen LogP contribution in [-0.4, -0.2) is 44.3 Å². The van der Waals surface area contributed by atoms with Crippen molar-refractivity contribution in [1.82, 2.24) is 10.2 Å². The number of nitrogens with zero attached hydrogens (tertiary/aromatic N) is 1. The van der Waals surface area contributed by atoms with Gasteiger partial charge in [0.2, 0.25) is 0 Å². The van der Waals surface area contributed by atoms with Crippen molar-refractivity contribution in [2.45, 2.75) is 52.1 Å². The molecule has 130 valence electrons. The Labute approximate surface area is 141 Å². The van der Waals surface area contributed by atoms with Crippen LogP contribution in [0.5, 0.6) is 11.5 Å². The fraction of sp³-hybridized carbons (Fsp3) is 0.684. The first-order valence-electron chi connectivity index (χ1n) is 8.98. The lowest BCUT2D eigenvalue weighted by molar-refractivity contribution is 0.209. The van der Waals surface area contributed by atoms with E-state index in [0.29, 0.717) is 6.04 Å². The minimum atomic E-state index is 0.495. The Morgan fingerprint density at radius 3 is 2.65 bits per heavy atom. The van der Waals surface area contributed by atoms with E-state index in [4.69, 9.17) is 9.47 Å². The molecule has 1 atom stereocenters. The summed E-state index contributed by atoms with van der Waals surface area (Å²) in [5, 5.41) is 3.62. The quantitative estimate of drug-likeness (QED) is 0.755. The van der Waals surface area contributed by atoms with Crippen LogP contribution in [0.4, 0.5) is 0 Å². The summed E-state index contributed by atoms with van der Waals surface area (Å²) in [5.41, 5.74) is 1.23. The molecule has 1 aromatic rings. The van der Waals surface area contributed by atoms with Crippen LogP contribution in [0.15, 0.2) is 18.2 Å². The zero-order valence-corrected chi connectivity index (χ0v) is 14.9. The Morgan fingerprint density at radius 2 is 1.96 bits per heavy atom. The Morgan fingerprint density at radius 1 is 1.17 bits per heavy atom. The number of likely N-dealkylation sites (tertiary alicyclic amines) is 1. The molecule has 0 spiro atoms. The Hall–Kier alpha value is -1.26. The van der Waals surface area contributed by atoms with E-state index in [1.165, 1.54) is 37.9 Å². The van der Waals surface area contributed by atoms with Crippen molar-refractivity contribution in [3.8, 4) is 11.5 Å². The van der Waals surface area contributed by atoms with E-state index < -0.39 is 0 Å². The maximum absolute atomic E-state index is 5.71. The molecule has 1 saturated heterocycles. The summed E-state index contributed by atoms with van der Waals surface area (Å²) in [7, 11) is 1.70. The smallest absolute Gasteiger partial charge is 0.161 e. The molecule has 0 aliphatic carbocycles. The van der Waals surface area contributed by atoms with E-state index in [-0.39, 0.29) is 0 Å². The van der Waals surface area contributed by atoms with Gasteiger partial charge in [-0.2, -0.15) is 0 Å². The number of hydrogen-bond acceptors (Lipinski definition) is 4. The minimum absolute atomic E-state index is 0.495. The van der Waals surface area contributed by atoms with Gasteiger partial charge in [0.1, 0.15) is 0 Å². The first-order chi connectivity index (χ1) is 11.2. The molecule has 1 aromatic carbocycles. The van der Waals surface area contributed by atoms with Crippen LogP contribution in [0.1, 0.15) is 45.1 Å². The molecule has 4 heteroatoms. The van der Waals surface area contributed by atoms with E-state index in [2.05, 4.69) is 36.2 Å². The second-order valence-electron chi connectivity index (χ2n) is 6.48. The summed E-state index contributed by atoms with van der Waals surface area (Å²) < 4.78 is 11.2. The van der Waals surface area contributed by atoms with Crippen molar-refractivity contribution in [3.05, 3.63) is 23.8 Å². The summed E-state index contributed by atoms with van der Waals surface area (Å²) >= 11 is 0. The SMILES string of the molecule is CCCOc1ccc(CN[C@@H](C)CN2CCCCC2)cc1OC. The van der Waals surface area contributed by atoms with Gasteiger partial charge < -0.3 is 19.7 Å². The van der Waals surface area contributed by atoms with Gasteiger partial charge in [-0.05, 0) is 57.0 Å². The second-order valence-corrected chi connectivity index (χ2v) is 6.48.